The second-order valence-corrected chi connectivity index (χ2v) is 9.49. The lowest BCUT2D eigenvalue weighted by atomic mass is 10.0. The summed E-state index contributed by atoms with van der Waals surface area (Å²) in [5.74, 6) is 1.63. The minimum Gasteiger partial charge on any atom is -0.279 e. The van der Waals surface area contributed by atoms with Gasteiger partial charge in [0.25, 0.3) is 0 Å². The monoisotopic (exact) mass is 499 g/mol. The quantitative estimate of drug-likeness (QED) is 0.236. The molecule has 0 fully saturated rings. The van der Waals surface area contributed by atoms with Gasteiger partial charge in [-0.1, -0.05) is 115 Å². The fraction of sp³-hybridized carbons (Fsp3) is 0. The van der Waals surface area contributed by atoms with E-state index in [9.17, 15) is 0 Å². The van der Waals surface area contributed by atoms with E-state index in [2.05, 4.69) is 126 Å². The van der Waals surface area contributed by atoms with Crippen LogP contribution in [0.25, 0.3) is 44.1 Å². The molecule has 0 bridgehead atoms. The number of para-hydroxylation sites is 1. The first-order valence-corrected chi connectivity index (χ1v) is 13.1. The molecule has 7 aromatic rings. The van der Waals surface area contributed by atoms with E-state index in [1.165, 1.54) is 21.5 Å². The van der Waals surface area contributed by atoms with Gasteiger partial charge in [0.05, 0.1) is 11.4 Å². The summed E-state index contributed by atoms with van der Waals surface area (Å²) in [6, 6.07) is 52.4. The Balaban J connectivity index is 1.39. The number of fused-ring (bicyclic) bond motifs is 2. The maximum Gasteiger partial charge on any atom is 0.139 e. The SMILES string of the molecule is c1ccc(N(c2cccc(-c3cccc4ccccc34)n2)c2cccc(-c3cccc4ccccc34)n2)cc1. The van der Waals surface area contributed by atoms with Gasteiger partial charge in [-0.15, -0.1) is 0 Å². The lowest BCUT2D eigenvalue weighted by Gasteiger charge is -2.24. The van der Waals surface area contributed by atoms with Crippen LogP contribution >= 0.6 is 0 Å². The second-order valence-electron chi connectivity index (χ2n) is 9.49. The Kier molecular flexibility index (Phi) is 5.80. The van der Waals surface area contributed by atoms with E-state index in [0.29, 0.717) is 0 Å². The van der Waals surface area contributed by atoms with Gasteiger partial charge in [0.2, 0.25) is 0 Å². The van der Waals surface area contributed by atoms with E-state index < -0.39 is 0 Å². The second kappa shape index (κ2) is 9.88. The number of anilines is 3. The van der Waals surface area contributed by atoms with Crippen LogP contribution in [-0.2, 0) is 0 Å². The standard InChI is InChI=1S/C36H25N3/c1-2-16-28(17-3-1)39(35-24-10-22-33(37-35)31-20-8-14-26-12-4-6-18-29(26)31)36-25-11-23-34(38-36)32-21-9-15-27-13-5-7-19-30(27)32/h1-25H. The molecule has 0 aliphatic heterocycles. The molecular formula is C36H25N3. The molecule has 0 atom stereocenters. The number of nitrogens with zero attached hydrogens (tertiary/aromatic N) is 3. The average Bonchev–Trinajstić information content (AvgIpc) is 3.01. The van der Waals surface area contributed by atoms with Crippen molar-refractivity contribution in [2.24, 2.45) is 0 Å². The van der Waals surface area contributed by atoms with Gasteiger partial charge in [0.1, 0.15) is 11.6 Å². The van der Waals surface area contributed by atoms with Crippen LogP contribution in [0.5, 0.6) is 0 Å². The van der Waals surface area contributed by atoms with Crippen molar-refractivity contribution in [3.8, 4) is 22.5 Å². The molecule has 0 aliphatic rings. The van der Waals surface area contributed by atoms with Crippen LogP contribution in [0, 0.1) is 0 Å². The van der Waals surface area contributed by atoms with E-state index in [4.69, 9.17) is 9.97 Å². The molecule has 0 aliphatic carbocycles. The minimum absolute atomic E-state index is 0.814. The Morgan fingerprint density at radius 3 is 1.33 bits per heavy atom. The van der Waals surface area contributed by atoms with Crippen LogP contribution in [-0.4, -0.2) is 9.97 Å². The topological polar surface area (TPSA) is 29.0 Å². The Labute approximate surface area is 227 Å². The molecule has 0 saturated carbocycles. The first-order valence-electron chi connectivity index (χ1n) is 13.1. The molecule has 0 saturated heterocycles. The van der Waals surface area contributed by atoms with E-state index in [0.717, 1.165) is 39.8 Å². The van der Waals surface area contributed by atoms with E-state index >= 15 is 0 Å². The number of pyridine rings is 2. The van der Waals surface area contributed by atoms with Crippen molar-refractivity contribution in [1.82, 2.24) is 9.97 Å². The summed E-state index contributed by atoms with van der Waals surface area (Å²) in [6.45, 7) is 0. The van der Waals surface area contributed by atoms with Gasteiger partial charge in [-0.2, -0.15) is 0 Å². The first-order chi connectivity index (χ1) is 19.3. The number of benzene rings is 5. The molecule has 184 valence electrons. The van der Waals surface area contributed by atoms with Crippen LogP contribution in [0.1, 0.15) is 0 Å². The molecule has 0 N–H and O–H groups in total. The largest absolute Gasteiger partial charge is 0.279 e. The summed E-state index contributed by atoms with van der Waals surface area (Å²) >= 11 is 0. The molecule has 3 heteroatoms. The van der Waals surface area contributed by atoms with E-state index in [1.807, 2.05) is 30.3 Å². The molecule has 39 heavy (non-hydrogen) atoms. The first kappa shape index (κ1) is 22.9. The highest BCUT2D eigenvalue weighted by Gasteiger charge is 2.17. The maximum atomic E-state index is 5.18. The van der Waals surface area contributed by atoms with Crippen molar-refractivity contribution in [3.63, 3.8) is 0 Å². The highest BCUT2D eigenvalue weighted by atomic mass is 15.2. The Hall–Kier alpha value is -5.28. The van der Waals surface area contributed by atoms with Gasteiger partial charge in [0, 0.05) is 16.8 Å². The van der Waals surface area contributed by atoms with Crippen molar-refractivity contribution in [1.29, 1.82) is 0 Å². The van der Waals surface area contributed by atoms with Gasteiger partial charge in [-0.05, 0) is 57.9 Å². The number of hydrogen-bond donors (Lipinski definition) is 0. The molecule has 0 amide bonds. The zero-order valence-corrected chi connectivity index (χ0v) is 21.3. The van der Waals surface area contributed by atoms with Gasteiger partial charge in [0.15, 0.2) is 0 Å². The molecule has 0 spiro atoms. The van der Waals surface area contributed by atoms with Crippen LogP contribution < -0.4 is 4.90 Å². The Morgan fingerprint density at radius 2 is 0.795 bits per heavy atom. The zero-order valence-electron chi connectivity index (χ0n) is 21.3. The summed E-state index contributed by atoms with van der Waals surface area (Å²) < 4.78 is 0. The predicted octanol–water partition coefficient (Wildman–Crippen LogP) is 9.59. The van der Waals surface area contributed by atoms with Crippen molar-refractivity contribution in [2.75, 3.05) is 4.90 Å². The van der Waals surface area contributed by atoms with Crippen LogP contribution in [0.15, 0.2) is 152 Å². The molecular weight excluding hydrogens is 474 g/mol. The van der Waals surface area contributed by atoms with Crippen LogP contribution in [0.4, 0.5) is 17.3 Å². The van der Waals surface area contributed by atoms with Crippen molar-refractivity contribution in [3.05, 3.63) is 152 Å². The van der Waals surface area contributed by atoms with E-state index in [-0.39, 0.29) is 0 Å². The Morgan fingerprint density at radius 1 is 0.359 bits per heavy atom. The van der Waals surface area contributed by atoms with Gasteiger partial charge in [-0.25, -0.2) is 9.97 Å². The van der Waals surface area contributed by atoms with Crippen LogP contribution in [0.2, 0.25) is 0 Å². The molecule has 2 heterocycles. The maximum absolute atomic E-state index is 5.18. The minimum atomic E-state index is 0.814. The summed E-state index contributed by atoms with van der Waals surface area (Å²) in [4.78, 5) is 12.5. The molecule has 2 aromatic heterocycles. The van der Waals surface area contributed by atoms with Gasteiger partial charge in [-0.3, -0.25) is 4.90 Å². The lowest BCUT2D eigenvalue weighted by Crippen LogP contribution is -2.13. The number of rotatable bonds is 5. The smallest absolute Gasteiger partial charge is 0.139 e. The normalized spacial score (nSPS) is 11.1. The van der Waals surface area contributed by atoms with Crippen molar-refractivity contribution < 1.29 is 0 Å². The van der Waals surface area contributed by atoms with Crippen LogP contribution in [0.3, 0.4) is 0 Å². The highest BCUT2D eigenvalue weighted by Crippen LogP contribution is 2.36. The van der Waals surface area contributed by atoms with E-state index in [1.54, 1.807) is 0 Å². The third kappa shape index (κ3) is 4.30. The lowest BCUT2D eigenvalue weighted by molar-refractivity contribution is 1.13. The fourth-order valence-electron chi connectivity index (χ4n) is 5.25. The van der Waals surface area contributed by atoms with Gasteiger partial charge < -0.3 is 0 Å². The molecule has 5 aromatic carbocycles. The fourth-order valence-corrected chi connectivity index (χ4v) is 5.25. The number of hydrogen-bond acceptors (Lipinski definition) is 3. The summed E-state index contributed by atoms with van der Waals surface area (Å²) in [5.41, 5.74) is 5.08. The van der Waals surface area contributed by atoms with Crippen molar-refractivity contribution >= 4 is 38.9 Å². The summed E-state index contributed by atoms with van der Waals surface area (Å²) in [6.07, 6.45) is 0. The zero-order chi connectivity index (χ0) is 26.0. The Bertz CT molecular complexity index is 1790. The molecule has 3 nitrogen and oxygen atoms in total. The third-order valence-electron chi connectivity index (χ3n) is 7.07. The number of aromatic nitrogens is 2. The summed E-state index contributed by atoms with van der Waals surface area (Å²) in [7, 11) is 0. The average molecular weight is 500 g/mol. The molecule has 0 unspecified atom stereocenters. The molecule has 7 rings (SSSR count). The van der Waals surface area contributed by atoms with Gasteiger partial charge >= 0.3 is 0 Å². The third-order valence-corrected chi connectivity index (χ3v) is 7.07. The highest BCUT2D eigenvalue weighted by molar-refractivity contribution is 5.97. The predicted molar refractivity (Wildman–Crippen MR) is 163 cm³/mol. The summed E-state index contributed by atoms with van der Waals surface area (Å²) in [5, 5.41) is 4.78. The molecule has 0 radical (unpaired) electrons. The van der Waals surface area contributed by atoms with Crippen molar-refractivity contribution in [2.45, 2.75) is 0 Å².